The van der Waals surface area contributed by atoms with Gasteiger partial charge in [0.05, 0.1) is 6.61 Å². The van der Waals surface area contributed by atoms with Crippen molar-refractivity contribution >= 4 is 40.7 Å². The number of halogens is 2. The van der Waals surface area contributed by atoms with E-state index in [1.165, 1.54) is 0 Å². The van der Waals surface area contributed by atoms with Crippen LogP contribution in [0.2, 0.25) is 10.0 Å². The smallest absolute Gasteiger partial charge is 0.120 e. The van der Waals surface area contributed by atoms with Crippen LogP contribution in [-0.4, -0.2) is 6.61 Å². The second-order valence-electron chi connectivity index (χ2n) is 4.16. The summed E-state index contributed by atoms with van der Waals surface area (Å²) in [7, 11) is 0. The molecule has 0 saturated heterocycles. The van der Waals surface area contributed by atoms with Crippen LogP contribution in [0.25, 0.3) is 0 Å². The molecule has 106 valence electrons. The Labute approximate surface area is 133 Å². The molecule has 2 N–H and O–H groups in total. The lowest BCUT2D eigenvalue weighted by molar-refractivity contribution is 0.339. The van der Waals surface area contributed by atoms with E-state index in [2.05, 4.69) is 0 Å². The Kier molecular flexibility index (Phi) is 5.46. The van der Waals surface area contributed by atoms with E-state index in [0.29, 0.717) is 16.7 Å². The number of ether oxygens (including phenoxy) is 1. The lowest BCUT2D eigenvalue weighted by Crippen LogP contribution is -1.94. The van der Waals surface area contributed by atoms with Gasteiger partial charge in [0.15, 0.2) is 0 Å². The van der Waals surface area contributed by atoms with E-state index in [-0.39, 0.29) is 0 Å². The summed E-state index contributed by atoms with van der Waals surface area (Å²) in [6.45, 7) is 2.59. The minimum absolute atomic E-state index is 0.636. The van der Waals surface area contributed by atoms with Crippen molar-refractivity contribution in [2.45, 2.75) is 17.6 Å². The molecule has 0 bridgehead atoms. The molecular weight excluding hydrogens is 313 g/mol. The van der Waals surface area contributed by atoms with Crippen LogP contribution in [0, 0.1) is 0 Å². The van der Waals surface area contributed by atoms with Crippen molar-refractivity contribution in [3.63, 3.8) is 0 Å². The molecule has 2 nitrogen and oxygen atoms in total. The fraction of sp³-hybridized carbons (Fsp3) is 0.200. The summed E-state index contributed by atoms with van der Waals surface area (Å²) in [5, 5.41) is 1.31. The topological polar surface area (TPSA) is 35.2 Å². The Balaban J connectivity index is 2.11. The highest BCUT2D eigenvalue weighted by molar-refractivity contribution is 7.98. The van der Waals surface area contributed by atoms with E-state index in [1.54, 1.807) is 17.8 Å². The van der Waals surface area contributed by atoms with Gasteiger partial charge in [-0.05, 0) is 42.8 Å². The maximum Gasteiger partial charge on any atom is 0.120 e. The Bertz CT molecular complexity index is 604. The van der Waals surface area contributed by atoms with Crippen molar-refractivity contribution in [2.24, 2.45) is 0 Å². The number of hydrogen-bond acceptors (Lipinski definition) is 3. The third-order valence-corrected chi connectivity index (χ3v) is 4.40. The fourth-order valence-electron chi connectivity index (χ4n) is 1.69. The van der Waals surface area contributed by atoms with Gasteiger partial charge in [0.1, 0.15) is 5.75 Å². The van der Waals surface area contributed by atoms with Crippen LogP contribution >= 0.6 is 35.0 Å². The summed E-state index contributed by atoms with van der Waals surface area (Å²) in [5.74, 6) is 1.56. The molecule has 0 amide bonds. The largest absolute Gasteiger partial charge is 0.494 e. The summed E-state index contributed by atoms with van der Waals surface area (Å²) in [6.07, 6.45) is 0. The summed E-state index contributed by atoms with van der Waals surface area (Å²) >= 11 is 13.7. The maximum absolute atomic E-state index is 6.16. The molecule has 0 aromatic heterocycles. The SMILES string of the molecule is CCOc1ccc(N)c(SCc2ccc(Cl)cc2Cl)c1. The van der Waals surface area contributed by atoms with Gasteiger partial charge < -0.3 is 10.5 Å². The molecule has 2 aromatic rings. The van der Waals surface area contributed by atoms with E-state index in [9.17, 15) is 0 Å². The Hall–Kier alpha value is -1.03. The third kappa shape index (κ3) is 3.98. The standard InChI is InChI=1S/C15H15Cl2NOS/c1-2-19-12-5-6-14(18)15(8-12)20-9-10-3-4-11(16)7-13(10)17/h3-8H,2,9,18H2,1H3. The van der Waals surface area contributed by atoms with Crippen LogP contribution in [-0.2, 0) is 5.75 Å². The second-order valence-corrected chi connectivity index (χ2v) is 6.02. The number of hydrogen-bond donors (Lipinski definition) is 1. The highest BCUT2D eigenvalue weighted by Gasteiger charge is 2.06. The highest BCUT2D eigenvalue weighted by atomic mass is 35.5. The first-order valence-electron chi connectivity index (χ1n) is 6.19. The minimum atomic E-state index is 0.636. The summed E-state index contributed by atoms with van der Waals surface area (Å²) < 4.78 is 5.48. The van der Waals surface area contributed by atoms with Crippen molar-refractivity contribution < 1.29 is 4.74 Å². The lowest BCUT2D eigenvalue weighted by atomic mass is 10.2. The van der Waals surface area contributed by atoms with Gasteiger partial charge in [0, 0.05) is 26.4 Å². The third-order valence-electron chi connectivity index (χ3n) is 2.69. The first kappa shape index (κ1) is 15.4. The van der Waals surface area contributed by atoms with Crippen LogP contribution in [0.1, 0.15) is 12.5 Å². The average Bonchev–Trinajstić information content (AvgIpc) is 2.41. The van der Waals surface area contributed by atoms with Crippen LogP contribution in [0.3, 0.4) is 0 Å². The number of benzene rings is 2. The number of rotatable bonds is 5. The van der Waals surface area contributed by atoms with Gasteiger partial charge in [-0.2, -0.15) is 0 Å². The number of thioether (sulfide) groups is 1. The van der Waals surface area contributed by atoms with Gasteiger partial charge >= 0.3 is 0 Å². The number of nitrogen functional groups attached to an aromatic ring is 1. The summed E-state index contributed by atoms with van der Waals surface area (Å²) in [6, 6.07) is 11.2. The molecule has 2 aromatic carbocycles. The number of anilines is 1. The molecule has 0 radical (unpaired) electrons. The lowest BCUT2D eigenvalue weighted by Gasteiger charge is -2.10. The summed E-state index contributed by atoms with van der Waals surface area (Å²) in [4.78, 5) is 0.988. The first-order valence-corrected chi connectivity index (χ1v) is 7.93. The van der Waals surface area contributed by atoms with Gasteiger partial charge in [-0.25, -0.2) is 0 Å². The second kappa shape index (κ2) is 7.11. The van der Waals surface area contributed by atoms with Crippen LogP contribution in [0.5, 0.6) is 5.75 Å². The monoisotopic (exact) mass is 327 g/mol. The molecule has 20 heavy (non-hydrogen) atoms. The Morgan fingerprint density at radius 3 is 2.65 bits per heavy atom. The molecule has 0 aliphatic rings. The predicted molar refractivity (Wildman–Crippen MR) is 88.0 cm³/mol. The van der Waals surface area contributed by atoms with Crippen LogP contribution in [0.15, 0.2) is 41.3 Å². The number of nitrogens with two attached hydrogens (primary N) is 1. The van der Waals surface area contributed by atoms with E-state index >= 15 is 0 Å². The molecule has 0 atom stereocenters. The molecule has 0 aliphatic carbocycles. The molecule has 0 spiro atoms. The average molecular weight is 328 g/mol. The van der Waals surface area contributed by atoms with Crippen molar-refractivity contribution in [3.05, 3.63) is 52.0 Å². The van der Waals surface area contributed by atoms with Crippen molar-refractivity contribution in [3.8, 4) is 5.75 Å². The predicted octanol–water partition coefficient (Wildman–Crippen LogP) is 5.27. The van der Waals surface area contributed by atoms with E-state index < -0.39 is 0 Å². The van der Waals surface area contributed by atoms with Crippen LogP contribution in [0.4, 0.5) is 5.69 Å². The van der Waals surface area contributed by atoms with Gasteiger partial charge in [-0.3, -0.25) is 0 Å². The highest BCUT2D eigenvalue weighted by Crippen LogP contribution is 2.33. The van der Waals surface area contributed by atoms with Crippen molar-refractivity contribution in [1.82, 2.24) is 0 Å². The Morgan fingerprint density at radius 1 is 1.15 bits per heavy atom. The zero-order valence-electron chi connectivity index (χ0n) is 11.0. The van der Waals surface area contributed by atoms with Gasteiger partial charge in [0.25, 0.3) is 0 Å². The van der Waals surface area contributed by atoms with Gasteiger partial charge in [0.2, 0.25) is 0 Å². The molecule has 5 heteroatoms. The van der Waals surface area contributed by atoms with Gasteiger partial charge in [-0.1, -0.05) is 29.3 Å². The Morgan fingerprint density at radius 2 is 1.95 bits per heavy atom. The zero-order chi connectivity index (χ0) is 14.5. The molecule has 0 saturated carbocycles. The van der Waals surface area contributed by atoms with Crippen molar-refractivity contribution in [1.29, 1.82) is 0 Å². The first-order chi connectivity index (χ1) is 9.60. The van der Waals surface area contributed by atoms with E-state index in [1.807, 2.05) is 37.3 Å². The molecular formula is C15H15Cl2NOS. The quantitative estimate of drug-likeness (QED) is 0.600. The minimum Gasteiger partial charge on any atom is -0.494 e. The van der Waals surface area contributed by atoms with Gasteiger partial charge in [-0.15, -0.1) is 11.8 Å². The normalized spacial score (nSPS) is 10.6. The van der Waals surface area contributed by atoms with Crippen molar-refractivity contribution in [2.75, 3.05) is 12.3 Å². The molecule has 2 rings (SSSR count). The van der Waals surface area contributed by atoms with E-state index in [4.69, 9.17) is 33.7 Å². The summed E-state index contributed by atoms with van der Waals surface area (Å²) in [5.41, 5.74) is 7.75. The fourth-order valence-corrected chi connectivity index (χ4v) is 3.24. The molecule has 0 fully saturated rings. The zero-order valence-corrected chi connectivity index (χ0v) is 13.4. The molecule has 0 unspecified atom stereocenters. The maximum atomic E-state index is 6.16. The molecule has 0 aliphatic heterocycles. The van der Waals surface area contributed by atoms with Crippen LogP contribution < -0.4 is 10.5 Å². The molecule has 0 heterocycles. The van der Waals surface area contributed by atoms with E-state index in [0.717, 1.165) is 27.6 Å².